The lowest BCUT2D eigenvalue weighted by atomic mass is 9.70. The van der Waals surface area contributed by atoms with Crippen LogP contribution in [0.5, 0.6) is 0 Å². The summed E-state index contributed by atoms with van der Waals surface area (Å²) in [6.07, 6.45) is 4.82. The molecule has 0 heterocycles. The molecule has 0 radical (unpaired) electrons. The number of nitrogens with one attached hydrogen (secondary N) is 1. The van der Waals surface area contributed by atoms with Crippen molar-refractivity contribution < 1.29 is 9.84 Å². The fourth-order valence-electron chi connectivity index (χ4n) is 5.72. The Bertz CT molecular complexity index is 433. The Morgan fingerprint density at radius 2 is 1.79 bits per heavy atom. The number of ether oxygens (including phenoxy) is 1. The molecule has 3 heteroatoms. The summed E-state index contributed by atoms with van der Waals surface area (Å²) in [6, 6.07) is 0. The molecule has 4 atom stereocenters. The Kier molecular flexibility index (Phi) is 5.52. The highest BCUT2D eigenvalue weighted by Gasteiger charge is 2.60. The van der Waals surface area contributed by atoms with Crippen molar-refractivity contribution >= 4 is 0 Å². The third-order valence-electron chi connectivity index (χ3n) is 6.38. The molecule has 142 valence electrons. The fraction of sp³-hybridized carbons (Fsp3) is 1.00. The maximum atomic E-state index is 10.4. The van der Waals surface area contributed by atoms with Crippen molar-refractivity contribution in [1.29, 1.82) is 0 Å². The Labute approximate surface area is 149 Å². The number of fused-ring (bicyclic) bond motifs is 2. The van der Waals surface area contributed by atoms with Crippen LogP contribution in [0, 0.1) is 22.2 Å². The zero-order chi connectivity index (χ0) is 18.4. The largest absolute Gasteiger partial charge is 0.389 e. The summed E-state index contributed by atoms with van der Waals surface area (Å²) < 4.78 is 6.29. The molecule has 2 bridgehead atoms. The molecule has 0 aromatic carbocycles. The average molecular weight is 340 g/mol. The highest BCUT2D eigenvalue weighted by atomic mass is 16.5. The molecule has 2 aliphatic carbocycles. The molecule has 0 unspecified atom stereocenters. The van der Waals surface area contributed by atoms with Gasteiger partial charge in [-0.15, -0.1) is 0 Å². The summed E-state index contributed by atoms with van der Waals surface area (Å²) in [7, 11) is 0. The lowest BCUT2D eigenvalue weighted by Gasteiger charge is -2.42. The Balaban J connectivity index is 1.80. The molecule has 3 nitrogen and oxygen atoms in total. The van der Waals surface area contributed by atoms with Crippen molar-refractivity contribution in [1.82, 2.24) is 5.32 Å². The van der Waals surface area contributed by atoms with Crippen molar-refractivity contribution in [2.75, 3.05) is 13.2 Å². The molecule has 2 rings (SSSR count). The molecule has 2 aliphatic rings. The maximum absolute atomic E-state index is 10.4. The first kappa shape index (κ1) is 20.2. The third-order valence-corrected chi connectivity index (χ3v) is 6.38. The van der Waals surface area contributed by atoms with Gasteiger partial charge < -0.3 is 15.2 Å². The van der Waals surface area contributed by atoms with Crippen molar-refractivity contribution in [3.05, 3.63) is 0 Å². The van der Waals surface area contributed by atoms with Gasteiger partial charge in [0.15, 0.2) is 0 Å². The van der Waals surface area contributed by atoms with E-state index in [1.165, 1.54) is 19.3 Å². The van der Waals surface area contributed by atoms with Crippen molar-refractivity contribution in [2.45, 2.75) is 98.8 Å². The summed E-state index contributed by atoms with van der Waals surface area (Å²) in [5.41, 5.74) is 0.856. The second kappa shape index (κ2) is 6.55. The Morgan fingerprint density at radius 1 is 1.17 bits per heavy atom. The maximum Gasteiger partial charge on any atom is 0.0898 e. The number of rotatable bonds is 7. The van der Waals surface area contributed by atoms with E-state index in [2.05, 4.69) is 60.7 Å². The number of hydrogen-bond donors (Lipinski definition) is 2. The van der Waals surface area contributed by atoms with Crippen LogP contribution in [0.2, 0.25) is 0 Å². The van der Waals surface area contributed by atoms with Gasteiger partial charge >= 0.3 is 0 Å². The van der Waals surface area contributed by atoms with Crippen LogP contribution in [0.4, 0.5) is 0 Å². The highest BCUT2D eigenvalue weighted by Crippen LogP contribution is 2.63. The van der Waals surface area contributed by atoms with Gasteiger partial charge in [-0.25, -0.2) is 0 Å². The van der Waals surface area contributed by atoms with Crippen molar-refractivity contribution in [2.24, 2.45) is 22.2 Å². The zero-order valence-corrected chi connectivity index (χ0v) is 17.3. The minimum absolute atomic E-state index is 0.0247. The molecule has 0 aromatic rings. The quantitative estimate of drug-likeness (QED) is 0.723. The van der Waals surface area contributed by atoms with Crippen LogP contribution in [-0.4, -0.2) is 36.0 Å². The molecule has 2 N–H and O–H groups in total. The first-order chi connectivity index (χ1) is 10.8. The molecule has 2 saturated carbocycles. The molecule has 2 fully saturated rings. The van der Waals surface area contributed by atoms with E-state index in [9.17, 15) is 5.11 Å². The summed E-state index contributed by atoms with van der Waals surface area (Å²) in [4.78, 5) is 0. The fourth-order valence-corrected chi connectivity index (χ4v) is 5.72. The van der Waals surface area contributed by atoms with Crippen LogP contribution in [0.25, 0.3) is 0 Å². The topological polar surface area (TPSA) is 41.5 Å². The molecule has 0 spiro atoms. The summed E-state index contributed by atoms with van der Waals surface area (Å²) in [5.74, 6) is 0.786. The van der Waals surface area contributed by atoms with Gasteiger partial charge in [0.2, 0.25) is 0 Å². The normalized spacial score (nSPS) is 33.9. The van der Waals surface area contributed by atoms with Crippen LogP contribution in [0.15, 0.2) is 0 Å². The number of aliphatic hydroxyl groups excluding tert-OH is 1. The smallest absolute Gasteiger partial charge is 0.0898 e. The molecule has 0 amide bonds. The Hall–Kier alpha value is -0.120. The monoisotopic (exact) mass is 339 g/mol. The molecule has 0 aliphatic heterocycles. The Morgan fingerprint density at radius 3 is 2.29 bits per heavy atom. The van der Waals surface area contributed by atoms with Gasteiger partial charge in [-0.05, 0) is 61.7 Å². The van der Waals surface area contributed by atoms with Crippen molar-refractivity contribution in [3.8, 4) is 0 Å². The first-order valence-corrected chi connectivity index (χ1v) is 9.80. The van der Waals surface area contributed by atoms with Crippen LogP contribution >= 0.6 is 0 Å². The second-order valence-corrected chi connectivity index (χ2v) is 11.3. The van der Waals surface area contributed by atoms with Gasteiger partial charge in [-0.1, -0.05) is 41.5 Å². The number of hydrogen-bond acceptors (Lipinski definition) is 3. The zero-order valence-electron chi connectivity index (χ0n) is 17.3. The van der Waals surface area contributed by atoms with Gasteiger partial charge in [-0.3, -0.25) is 0 Å². The lowest BCUT2D eigenvalue weighted by molar-refractivity contribution is -0.110. The van der Waals surface area contributed by atoms with E-state index in [-0.39, 0.29) is 22.5 Å². The first-order valence-electron chi connectivity index (χ1n) is 9.80. The van der Waals surface area contributed by atoms with Gasteiger partial charge in [0.1, 0.15) is 0 Å². The van der Waals surface area contributed by atoms with E-state index in [1.54, 1.807) is 0 Å². The predicted octanol–water partition coefficient (Wildman–Crippen LogP) is 4.38. The van der Waals surface area contributed by atoms with Gasteiger partial charge in [-0.2, -0.15) is 0 Å². The summed E-state index contributed by atoms with van der Waals surface area (Å²) in [5, 5.41) is 13.9. The third kappa shape index (κ3) is 4.53. The molecular formula is C21H41NO2. The molecule has 24 heavy (non-hydrogen) atoms. The minimum Gasteiger partial charge on any atom is -0.389 e. The second-order valence-electron chi connectivity index (χ2n) is 11.3. The van der Waals surface area contributed by atoms with Gasteiger partial charge in [0, 0.05) is 12.1 Å². The standard InChI is InChI=1S/C21H41NO2/c1-18(2,3)14-19(4,5)22-12-16(23)13-24-17-20(6,7)15-9-10-21(17,8)11-15/h15-17,22-23H,9-14H2,1-8H3/t15-,16-,17-,21-/m0/s1. The predicted molar refractivity (Wildman–Crippen MR) is 101 cm³/mol. The van der Waals surface area contributed by atoms with Crippen LogP contribution in [0.1, 0.15) is 81.1 Å². The van der Waals surface area contributed by atoms with Crippen molar-refractivity contribution in [3.63, 3.8) is 0 Å². The van der Waals surface area contributed by atoms with Crippen LogP contribution in [0.3, 0.4) is 0 Å². The minimum atomic E-state index is -0.442. The van der Waals surface area contributed by atoms with Gasteiger partial charge in [0.25, 0.3) is 0 Å². The number of aliphatic hydroxyl groups is 1. The van der Waals surface area contributed by atoms with Crippen LogP contribution in [-0.2, 0) is 4.74 Å². The molecule has 0 saturated heterocycles. The summed E-state index contributed by atoms with van der Waals surface area (Å²) in [6.45, 7) is 19.3. The van der Waals surface area contributed by atoms with E-state index in [0.717, 1.165) is 12.3 Å². The van der Waals surface area contributed by atoms with Gasteiger partial charge in [0.05, 0.1) is 18.8 Å². The SMILES string of the molecule is CC(C)(C)CC(C)(C)NC[C@H](O)CO[C@H]1C(C)(C)[C@H]2CC[C@@]1(C)C2. The van der Waals surface area contributed by atoms with E-state index in [0.29, 0.717) is 18.6 Å². The van der Waals surface area contributed by atoms with E-state index >= 15 is 0 Å². The van der Waals surface area contributed by atoms with E-state index in [4.69, 9.17) is 4.74 Å². The summed E-state index contributed by atoms with van der Waals surface area (Å²) >= 11 is 0. The average Bonchev–Trinajstić information content (AvgIpc) is 2.84. The molecule has 0 aromatic heterocycles. The van der Waals surface area contributed by atoms with E-state index in [1.807, 2.05) is 0 Å². The number of β-amino-alcohol motifs (C(OH)–C–C–N with tert-alkyl or cyclic N) is 1. The highest BCUT2D eigenvalue weighted by molar-refractivity contribution is 5.09. The van der Waals surface area contributed by atoms with E-state index < -0.39 is 6.10 Å². The molecular weight excluding hydrogens is 298 g/mol. The van der Waals surface area contributed by atoms with Crippen LogP contribution < -0.4 is 5.32 Å². The lowest BCUT2D eigenvalue weighted by Crippen LogP contribution is -2.48.